The number of hydrogen-bond acceptors (Lipinski definition) is 3. The average Bonchev–Trinajstić information content (AvgIpc) is 2.75. The Morgan fingerprint density at radius 2 is 1.94 bits per heavy atom. The van der Waals surface area contributed by atoms with Crippen molar-refractivity contribution in [3.8, 4) is 5.75 Å². The Bertz CT molecular complexity index is 484. The van der Waals surface area contributed by atoms with Gasteiger partial charge in [0.1, 0.15) is 24.3 Å². The third kappa shape index (κ3) is 3.52. The molecule has 1 heterocycles. The van der Waals surface area contributed by atoms with Crippen molar-refractivity contribution < 1.29 is 14.2 Å². The lowest BCUT2D eigenvalue weighted by atomic mass is 10.3. The van der Waals surface area contributed by atoms with E-state index in [0.717, 1.165) is 8.66 Å². The second-order valence-corrected chi connectivity index (χ2v) is 5.92. The average molecular weight is 317 g/mol. The van der Waals surface area contributed by atoms with E-state index in [-0.39, 0.29) is 12.4 Å². The van der Waals surface area contributed by atoms with Crippen molar-refractivity contribution in [2.45, 2.75) is 6.10 Å². The third-order valence-electron chi connectivity index (χ3n) is 2.14. The molecule has 1 aromatic heterocycles. The van der Waals surface area contributed by atoms with Gasteiger partial charge in [-0.1, -0.05) is 0 Å². The van der Waals surface area contributed by atoms with E-state index in [1.807, 2.05) is 12.1 Å². The van der Waals surface area contributed by atoms with Crippen LogP contribution in [0.3, 0.4) is 0 Å². The summed E-state index contributed by atoms with van der Waals surface area (Å²) in [5.41, 5.74) is 0. The van der Waals surface area contributed by atoms with E-state index in [1.54, 1.807) is 0 Å². The monoisotopic (exact) mass is 316 g/mol. The molecule has 1 N–H and O–H groups in total. The number of hydrogen-bond donors (Lipinski definition) is 1. The molecular formula is C12H10BrFO2S. The Balaban J connectivity index is 1.92. The maximum absolute atomic E-state index is 12.6. The van der Waals surface area contributed by atoms with Gasteiger partial charge in [-0.3, -0.25) is 0 Å². The largest absolute Gasteiger partial charge is 0.490 e. The summed E-state index contributed by atoms with van der Waals surface area (Å²) < 4.78 is 19.0. The number of rotatable bonds is 4. The number of halogens is 2. The molecule has 0 aliphatic heterocycles. The zero-order chi connectivity index (χ0) is 12.3. The quantitative estimate of drug-likeness (QED) is 0.930. The van der Waals surface area contributed by atoms with Crippen molar-refractivity contribution >= 4 is 27.3 Å². The lowest BCUT2D eigenvalue weighted by Crippen LogP contribution is -2.08. The summed E-state index contributed by atoms with van der Waals surface area (Å²) >= 11 is 4.79. The molecule has 1 atom stereocenters. The Morgan fingerprint density at radius 1 is 1.24 bits per heavy atom. The van der Waals surface area contributed by atoms with E-state index < -0.39 is 6.10 Å². The molecule has 0 amide bonds. The topological polar surface area (TPSA) is 29.5 Å². The van der Waals surface area contributed by atoms with Gasteiger partial charge in [-0.15, -0.1) is 11.3 Å². The first-order valence-electron chi connectivity index (χ1n) is 4.97. The molecule has 2 aromatic rings. The van der Waals surface area contributed by atoms with Crippen LogP contribution in [0, 0.1) is 5.82 Å². The molecule has 90 valence electrons. The van der Waals surface area contributed by atoms with Gasteiger partial charge in [0.2, 0.25) is 0 Å². The van der Waals surface area contributed by atoms with Gasteiger partial charge in [-0.25, -0.2) is 4.39 Å². The first-order chi connectivity index (χ1) is 8.15. The fourth-order valence-electron chi connectivity index (χ4n) is 1.30. The first-order valence-corrected chi connectivity index (χ1v) is 6.58. The van der Waals surface area contributed by atoms with Crippen LogP contribution in [0.1, 0.15) is 11.0 Å². The van der Waals surface area contributed by atoms with Crippen LogP contribution in [0.4, 0.5) is 4.39 Å². The van der Waals surface area contributed by atoms with Crippen LogP contribution in [0.2, 0.25) is 0 Å². The van der Waals surface area contributed by atoms with E-state index in [9.17, 15) is 9.50 Å². The number of benzene rings is 1. The summed E-state index contributed by atoms with van der Waals surface area (Å²) in [6.45, 7) is 0.151. The van der Waals surface area contributed by atoms with Gasteiger partial charge in [0.05, 0.1) is 3.79 Å². The van der Waals surface area contributed by atoms with Crippen molar-refractivity contribution in [1.29, 1.82) is 0 Å². The molecule has 1 unspecified atom stereocenters. The number of aliphatic hydroxyl groups excluding tert-OH is 1. The molecular weight excluding hydrogens is 307 g/mol. The summed E-state index contributed by atoms with van der Waals surface area (Å²) in [6.07, 6.45) is -0.670. The fourth-order valence-corrected chi connectivity index (χ4v) is 2.69. The molecule has 0 radical (unpaired) electrons. The number of thiophene rings is 1. The highest BCUT2D eigenvalue weighted by atomic mass is 79.9. The molecule has 0 bridgehead atoms. The molecule has 17 heavy (non-hydrogen) atoms. The zero-order valence-electron chi connectivity index (χ0n) is 8.77. The maximum Gasteiger partial charge on any atom is 0.123 e. The number of ether oxygens (including phenoxy) is 1. The molecule has 2 nitrogen and oxygen atoms in total. The van der Waals surface area contributed by atoms with Crippen molar-refractivity contribution in [2.24, 2.45) is 0 Å². The zero-order valence-corrected chi connectivity index (χ0v) is 11.2. The smallest absolute Gasteiger partial charge is 0.123 e. The van der Waals surface area contributed by atoms with Gasteiger partial charge in [0, 0.05) is 4.88 Å². The predicted octanol–water partition coefficient (Wildman–Crippen LogP) is 3.76. The summed E-state index contributed by atoms with van der Waals surface area (Å²) in [4.78, 5) is 0.832. The van der Waals surface area contributed by atoms with Crippen LogP contribution in [0.15, 0.2) is 40.2 Å². The Hall–Kier alpha value is -0.910. The minimum Gasteiger partial charge on any atom is -0.490 e. The minimum absolute atomic E-state index is 0.151. The Labute approximate surface area is 111 Å². The molecule has 0 fully saturated rings. The first kappa shape index (κ1) is 12.5. The summed E-state index contributed by atoms with van der Waals surface area (Å²) in [5, 5.41) is 9.84. The van der Waals surface area contributed by atoms with Gasteiger partial charge < -0.3 is 9.84 Å². The molecule has 0 saturated heterocycles. The molecule has 2 rings (SSSR count). The van der Waals surface area contributed by atoms with E-state index in [4.69, 9.17) is 4.74 Å². The highest BCUT2D eigenvalue weighted by molar-refractivity contribution is 9.11. The third-order valence-corrected chi connectivity index (χ3v) is 3.87. The van der Waals surface area contributed by atoms with Crippen LogP contribution < -0.4 is 4.74 Å². The van der Waals surface area contributed by atoms with E-state index in [0.29, 0.717) is 5.75 Å². The van der Waals surface area contributed by atoms with Gasteiger partial charge in [0.25, 0.3) is 0 Å². The van der Waals surface area contributed by atoms with Gasteiger partial charge in [0.15, 0.2) is 0 Å². The molecule has 5 heteroatoms. The van der Waals surface area contributed by atoms with E-state index in [1.165, 1.54) is 35.6 Å². The van der Waals surface area contributed by atoms with E-state index in [2.05, 4.69) is 15.9 Å². The normalized spacial score (nSPS) is 12.4. The van der Waals surface area contributed by atoms with Crippen molar-refractivity contribution in [3.63, 3.8) is 0 Å². The van der Waals surface area contributed by atoms with Crippen LogP contribution in [0.25, 0.3) is 0 Å². The van der Waals surface area contributed by atoms with Crippen LogP contribution >= 0.6 is 27.3 Å². The molecule has 0 spiro atoms. The van der Waals surface area contributed by atoms with Crippen molar-refractivity contribution in [2.75, 3.05) is 6.61 Å². The molecule has 1 aromatic carbocycles. The molecule has 0 aliphatic rings. The van der Waals surface area contributed by atoms with E-state index >= 15 is 0 Å². The molecule has 0 saturated carbocycles. The second kappa shape index (κ2) is 5.62. The fraction of sp³-hybridized carbons (Fsp3) is 0.167. The van der Waals surface area contributed by atoms with Gasteiger partial charge in [-0.05, 0) is 52.3 Å². The van der Waals surface area contributed by atoms with Crippen molar-refractivity contribution in [3.05, 3.63) is 50.9 Å². The van der Waals surface area contributed by atoms with Gasteiger partial charge >= 0.3 is 0 Å². The highest BCUT2D eigenvalue weighted by Crippen LogP contribution is 2.27. The van der Waals surface area contributed by atoms with Crippen LogP contribution in [-0.4, -0.2) is 11.7 Å². The SMILES string of the molecule is OC(COc1ccc(F)cc1)c1ccc(Br)s1. The molecule has 0 aliphatic carbocycles. The van der Waals surface area contributed by atoms with Crippen LogP contribution in [0.5, 0.6) is 5.75 Å². The summed E-state index contributed by atoms with van der Waals surface area (Å²) in [7, 11) is 0. The lowest BCUT2D eigenvalue weighted by molar-refractivity contribution is 0.111. The minimum atomic E-state index is -0.670. The Kier molecular flexibility index (Phi) is 4.15. The second-order valence-electron chi connectivity index (χ2n) is 3.42. The Morgan fingerprint density at radius 3 is 2.53 bits per heavy atom. The number of aliphatic hydroxyl groups is 1. The summed E-state index contributed by atoms with van der Waals surface area (Å²) in [6, 6.07) is 9.43. The van der Waals surface area contributed by atoms with Crippen LogP contribution in [-0.2, 0) is 0 Å². The standard InChI is InChI=1S/C12H10BrFO2S/c13-12-6-5-11(17-12)10(15)7-16-9-3-1-8(14)2-4-9/h1-6,10,15H,7H2. The lowest BCUT2D eigenvalue weighted by Gasteiger charge is -2.10. The highest BCUT2D eigenvalue weighted by Gasteiger charge is 2.10. The van der Waals surface area contributed by atoms with Gasteiger partial charge in [-0.2, -0.15) is 0 Å². The maximum atomic E-state index is 12.6. The van der Waals surface area contributed by atoms with Crippen molar-refractivity contribution in [1.82, 2.24) is 0 Å². The predicted molar refractivity (Wildman–Crippen MR) is 68.9 cm³/mol. The summed E-state index contributed by atoms with van der Waals surface area (Å²) in [5.74, 6) is 0.237.